The van der Waals surface area contributed by atoms with Gasteiger partial charge in [-0.05, 0) is 49.4 Å². The zero-order chi connectivity index (χ0) is 23.4. The van der Waals surface area contributed by atoms with Crippen molar-refractivity contribution in [1.82, 2.24) is 14.8 Å². The average molecular weight is 485 g/mol. The minimum Gasteiger partial charge on any atom is -0.450 e. The maximum absolute atomic E-state index is 12.9. The monoisotopic (exact) mass is 484 g/mol. The Morgan fingerprint density at radius 1 is 1.18 bits per heavy atom. The van der Waals surface area contributed by atoms with E-state index in [0.29, 0.717) is 37.7 Å². The molecule has 3 aromatic rings. The number of hydrogen-bond acceptors (Lipinski definition) is 7. The highest BCUT2D eigenvalue weighted by atomic mass is 32.1. The van der Waals surface area contributed by atoms with Crippen LogP contribution in [-0.4, -0.2) is 59.6 Å². The summed E-state index contributed by atoms with van der Waals surface area (Å²) < 4.78 is 5.18. The number of nitrogens with zero attached hydrogens (tertiary/aromatic N) is 3. The lowest BCUT2D eigenvalue weighted by atomic mass is 9.95. The maximum atomic E-state index is 12.9. The van der Waals surface area contributed by atoms with Crippen LogP contribution < -0.4 is 5.32 Å². The lowest BCUT2D eigenvalue weighted by Gasteiger charge is -2.39. The van der Waals surface area contributed by atoms with E-state index in [0.717, 1.165) is 16.1 Å². The van der Waals surface area contributed by atoms with E-state index in [4.69, 9.17) is 4.74 Å². The number of thiophene rings is 2. The summed E-state index contributed by atoms with van der Waals surface area (Å²) >= 11 is 3.04. The number of rotatable bonds is 6. The molecular formula is C24H28N4O3S2. The third-order valence-corrected chi connectivity index (χ3v) is 7.89. The Kier molecular flexibility index (Phi) is 7.42. The molecule has 174 valence electrons. The molecule has 1 N–H and O–H groups in total. The molecule has 0 aliphatic carbocycles. The molecule has 0 radical (unpaired) electrons. The first-order chi connectivity index (χ1) is 16.0. The highest BCUT2D eigenvalue weighted by molar-refractivity contribution is 7.17. The van der Waals surface area contributed by atoms with E-state index >= 15 is 0 Å². The molecule has 2 amide bonds. The molecule has 33 heavy (non-hydrogen) atoms. The van der Waals surface area contributed by atoms with Crippen LogP contribution in [0.2, 0.25) is 0 Å². The van der Waals surface area contributed by atoms with E-state index in [2.05, 4.69) is 35.1 Å². The Hall–Kier alpha value is -2.75. The minimum atomic E-state index is -0.262. The molecule has 4 heterocycles. The summed E-state index contributed by atoms with van der Waals surface area (Å²) in [5.74, 6) is -0.0930. The second-order valence-electron chi connectivity index (χ2n) is 7.87. The van der Waals surface area contributed by atoms with Crippen LogP contribution in [0.5, 0.6) is 0 Å². The van der Waals surface area contributed by atoms with E-state index in [-0.39, 0.29) is 18.0 Å². The fraction of sp³-hybridized carbons (Fsp3) is 0.375. The standard InChI is InChI=1S/C24H28N4O3S2/c1-4-31-24(30)28-12-10-27(11-13-28)21(18-7-5-9-25-15-18)20-16(2)17(3)33-23(20)26-22(29)19-8-6-14-32-19/h5-9,14-15,21H,4,10-13H2,1-3H3,(H,26,29). The first-order valence-corrected chi connectivity index (χ1v) is 12.7. The van der Waals surface area contributed by atoms with Crippen molar-refractivity contribution in [3.05, 3.63) is 68.5 Å². The van der Waals surface area contributed by atoms with Crippen LogP contribution >= 0.6 is 22.7 Å². The molecule has 9 heteroatoms. The SMILES string of the molecule is CCOC(=O)N1CCN(C(c2cccnc2)c2c(NC(=O)c3cccs3)sc(C)c2C)CC1. The van der Waals surface area contributed by atoms with Gasteiger partial charge in [-0.25, -0.2) is 4.79 Å². The lowest BCUT2D eigenvalue weighted by molar-refractivity contribution is 0.0714. The molecule has 0 saturated carbocycles. The zero-order valence-corrected chi connectivity index (χ0v) is 20.7. The van der Waals surface area contributed by atoms with Gasteiger partial charge >= 0.3 is 6.09 Å². The van der Waals surface area contributed by atoms with E-state index in [1.807, 2.05) is 36.7 Å². The Balaban J connectivity index is 1.66. The molecule has 4 rings (SSSR count). The Bertz CT molecular complexity index is 1090. The first-order valence-electron chi connectivity index (χ1n) is 11.0. The number of aromatic nitrogens is 1. The Labute approximate surface area is 202 Å². The van der Waals surface area contributed by atoms with Gasteiger partial charge in [-0.2, -0.15) is 0 Å². The Morgan fingerprint density at radius 3 is 2.61 bits per heavy atom. The van der Waals surface area contributed by atoms with Crippen LogP contribution in [0, 0.1) is 13.8 Å². The van der Waals surface area contributed by atoms with Crippen LogP contribution in [0.25, 0.3) is 0 Å². The number of anilines is 1. The second kappa shape index (κ2) is 10.5. The highest BCUT2D eigenvalue weighted by Crippen LogP contribution is 2.42. The van der Waals surface area contributed by atoms with Crippen molar-refractivity contribution in [2.75, 3.05) is 38.1 Å². The molecule has 1 saturated heterocycles. The van der Waals surface area contributed by atoms with Gasteiger partial charge in [0.15, 0.2) is 0 Å². The largest absolute Gasteiger partial charge is 0.450 e. The van der Waals surface area contributed by atoms with Crippen molar-refractivity contribution in [2.45, 2.75) is 26.8 Å². The number of nitrogens with one attached hydrogen (secondary N) is 1. The smallest absolute Gasteiger partial charge is 0.409 e. The predicted molar refractivity (Wildman–Crippen MR) is 132 cm³/mol. The molecule has 0 bridgehead atoms. The highest BCUT2D eigenvalue weighted by Gasteiger charge is 2.33. The number of piperazine rings is 1. The summed E-state index contributed by atoms with van der Waals surface area (Å²) in [5.41, 5.74) is 3.33. The van der Waals surface area contributed by atoms with Gasteiger partial charge in [0.05, 0.1) is 17.5 Å². The van der Waals surface area contributed by atoms with E-state index in [1.54, 1.807) is 22.4 Å². The molecule has 1 fully saturated rings. The number of aryl methyl sites for hydroxylation is 1. The van der Waals surface area contributed by atoms with E-state index < -0.39 is 0 Å². The number of carbonyl (C=O) groups excluding carboxylic acids is 2. The number of ether oxygens (including phenoxy) is 1. The second-order valence-corrected chi connectivity index (χ2v) is 10.0. The minimum absolute atomic E-state index is 0.0772. The van der Waals surface area contributed by atoms with Crippen molar-refractivity contribution in [1.29, 1.82) is 0 Å². The van der Waals surface area contributed by atoms with Crippen LogP contribution in [-0.2, 0) is 4.74 Å². The summed E-state index contributed by atoms with van der Waals surface area (Å²) in [6.45, 7) is 8.97. The fourth-order valence-corrected chi connectivity index (χ4v) is 5.82. The average Bonchev–Trinajstić information content (AvgIpc) is 3.46. The summed E-state index contributed by atoms with van der Waals surface area (Å²) in [6.07, 6.45) is 3.39. The van der Waals surface area contributed by atoms with Gasteiger partial charge < -0.3 is 15.0 Å². The number of hydrogen-bond donors (Lipinski definition) is 1. The van der Waals surface area contributed by atoms with Gasteiger partial charge in [0.25, 0.3) is 5.91 Å². The van der Waals surface area contributed by atoms with Crippen LogP contribution in [0.3, 0.4) is 0 Å². The van der Waals surface area contributed by atoms with Gasteiger partial charge in [-0.15, -0.1) is 22.7 Å². The van der Waals surface area contributed by atoms with Crippen molar-refractivity contribution < 1.29 is 14.3 Å². The Morgan fingerprint density at radius 2 is 1.97 bits per heavy atom. The predicted octanol–water partition coefficient (Wildman–Crippen LogP) is 4.94. The normalized spacial score (nSPS) is 15.3. The topological polar surface area (TPSA) is 74.8 Å². The maximum Gasteiger partial charge on any atom is 0.409 e. The summed E-state index contributed by atoms with van der Waals surface area (Å²) in [5, 5.41) is 5.94. The quantitative estimate of drug-likeness (QED) is 0.537. The zero-order valence-electron chi connectivity index (χ0n) is 19.0. The summed E-state index contributed by atoms with van der Waals surface area (Å²) in [6, 6.07) is 7.65. The fourth-order valence-electron chi connectivity index (χ4n) is 4.11. The molecule has 3 aromatic heterocycles. The molecule has 1 unspecified atom stereocenters. The molecule has 0 aromatic carbocycles. The van der Waals surface area contributed by atoms with Gasteiger partial charge in [-0.1, -0.05) is 12.1 Å². The van der Waals surface area contributed by atoms with E-state index in [1.165, 1.54) is 21.8 Å². The third kappa shape index (κ3) is 5.10. The van der Waals surface area contributed by atoms with Crippen LogP contribution in [0.1, 0.15) is 44.2 Å². The molecule has 1 atom stereocenters. The molecular weight excluding hydrogens is 456 g/mol. The molecule has 1 aliphatic rings. The van der Waals surface area contributed by atoms with Crippen molar-refractivity contribution >= 4 is 39.7 Å². The third-order valence-electron chi connectivity index (χ3n) is 5.88. The van der Waals surface area contributed by atoms with Crippen molar-refractivity contribution in [2.24, 2.45) is 0 Å². The van der Waals surface area contributed by atoms with Crippen molar-refractivity contribution in [3.8, 4) is 0 Å². The number of carbonyl (C=O) groups is 2. The van der Waals surface area contributed by atoms with Crippen LogP contribution in [0.15, 0.2) is 42.0 Å². The van der Waals surface area contributed by atoms with Gasteiger partial charge in [0.1, 0.15) is 5.00 Å². The lowest BCUT2D eigenvalue weighted by Crippen LogP contribution is -2.50. The summed E-state index contributed by atoms with van der Waals surface area (Å²) in [4.78, 5) is 35.4. The number of pyridine rings is 1. The first kappa shape index (κ1) is 23.4. The van der Waals surface area contributed by atoms with E-state index in [9.17, 15) is 9.59 Å². The molecule has 0 spiro atoms. The summed E-state index contributed by atoms with van der Waals surface area (Å²) in [7, 11) is 0. The van der Waals surface area contributed by atoms with Gasteiger partial charge in [-0.3, -0.25) is 14.7 Å². The van der Waals surface area contributed by atoms with Gasteiger partial charge in [0, 0.05) is 49.0 Å². The van der Waals surface area contributed by atoms with Crippen molar-refractivity contribution in [3.63, 3.8) is 0 Å². The van der Waals surface area contributed by atoms with Gasteiger partial charge in [0.2, 0.25) is 0 Å². The molecule has 7 nitrogen and oxygen atoms in total. The molecule has 1 aliphatic heterocycles. The van der Waals surface area contributed by atoms with Crippen LogP contribution in [0.4, 0.5) is 9.80 Å². The number of amides is 2.